The van der Waals surface area contributed by atoms with E-state index in [9.17, 15) is 8.42 Å². The third kappa shape index (κ3) is 4.61. The van der Waals surface area contributed by atoms with Crippen molar-refractivity contribution in [3.8, 4) is 5.75 Å². The van der Waals surface area contributed by atoms with Crippen molar-refractivity contribution in [2.75, 3.05) is 18.1 Å². The standard InChI is InChI=1S/C15H24N2O3S/c1-15(2)9-3-4-14(15)17-21(18,19)11-10-20-13-7-5-12(16)6-8-13/h5-8,14,17H,3-4,9-11,16H2,1-2H3. The van der Waals surface area contributed by atoms with Gasteiger partial charge in [-0.2, -0.15) is 0 Å². The van der Waals surface area contributed by atoms with Gasteiger partial charge in [0.15, 0.2) is 0 Å². The molecule has 1 aliphatic rings. The van der Waals surface area contributed by atoms with Crippen LogP contribution < -0.4 is 15.2 Å². The Kier molecular flexibility index (Phi) is 4.78. The van der Waals surface area contributed by atoms with E-state index >= 15 is 0 Å². The smallest absolute Gasteiger partial charge is 0.215 e. The molecule has 0 heterocycles. The van der Waals surface area contributed by atoms with Crippen molar-refractivity contribution in [2.24, 2.45) is 5.41 Å². The number of nitrogens with one attached hydrogen (secondary N) is 1. The summed E-state index contributed by atoms with van der Waals surface area (Å²) in [5.74, 6) is 0.588. The van der Waals surface area contributed by atoms with E-state index < -0.39 is 10.0 Å². The van der Waals surface area contributed by atoms with E-state index in [-0.39, 0.29) is 23.8 Å². The van der Waals surface area contributed by atoms with Crippen molar-refractivity contribution in [1.29, 1.82) is 0 Å². The van der Waals surface area contributed by atoms with Crippen LogP contribution in [0.25, 0.3) is 0 Å². The molecular weight excluding hydrogens is 288 g/mol. The monoisotopic (exact) mass is 312 g/mol. The zero-order chi connectivity index (χ0) is 15.5. The average molecular weight is 312 g/mol. The number of ether oxygens (including phenoxy) is 1. The summed E-state index contributed by atoms with van der Waals surface area (Å²) < 4.78 is 32.5. The van der Waals surface area contributed by atoms with Gasteiger partial charge in [0.1, 0.15) is 12.4 Å². The molecule has 1 aliphatic carbocycles. The maximum absolute atomic E-state index is 12.1. The normalized spacial score (nSPS) is 21.3. The lowest BCUT2D eigenvalue weighted by molar-refractivity contribution is 0.309. The Labute approximate surface area is 126 Å². The number of hydrogen-bond acceptors (Lipinski definition) is 4. The molecule has 0 spiro atoms. The van der Waals surface area contributed by atoms with E-state index in [0.717, 1.165) is 19.3 Å². The van der Waals surface area contributed by atoms with Crippen molar-refractivity contribution in [3.63, 3.8) is 0 Å². The Morgan fingerprint density at radius 2 is 2.00 bits per heavy atom. The van der Waals surface area contributed by atoms with Crippen molar-refractivity contribution in [2.45, 2.75) is 39.2 Å². The Hall–Kier alpha value is -1.27. The largest absolute Gasteiger partial charge is 0.492 e. The number of sulfonamides is 1. The highest BCUT2D eigenvalue weighted by molar-refractivity contribution is 7.89. The van der Waals surface area contributed by atoms with Crippen LogP contribution >= 0.6 is 0 Å². The van der Waals surface area contributed by atoms with E-state index in [0.29, 0.717) is 11.4 Å². The second-order valence-electron chi connectivity index (χ2n) is 6.29. The molecule has 0 radical (unpaired) electrons. The molecule has 118 valence electrons. The maximum Gasteiger partial charge on any atom is 0.215 e. The van der Waals surface area contributed by atoms with Crippen LogP contribution in [-0.4, -0.2) is 26.8 Å². The summed E-state index contributed by atoms with van der Waals surface area (Å²) in [4.78, 5) is 0. The van der Waals surface area contributed by atoms with Gasteiger partial charge in [0.05, 0.1) is 5.75 Å². The third-order valence-corrected chi connectivity index (χ3v) is 5.43. The Morgan fingerprint density at radius 3 is 2.57 bits per heavy atom. The molecule has 0 bridgehead atoms. The van der Waals surface area contributed by atoms with Gasteiger partial charge in [-0.15, -0.1) is 0 Å². The first kappa shape index (κ1) is 16.1. The maximum atomic E-state index is 12.1. The number of benzene rings is 1. The van der Waals surface area contributed by atoms with Crippen molar-refractivity contribution < 1.29 is 13.2 Å². The van der Waals surface area contributed by atoms with Gasteiger partial charge in [0.2, 0.25) is 10.0 Å². The number of nitrogens with two attached hydrogens (primary N) is 1. The molecule has 5 nitrogen and oxygen atoms in total. The molecule has 1 atom stereocenters. The van der Waals surface area contributed by atoms with Gasteiger partial charge in [0.25, 0.3) is 0 Å². The van der Waals surface area contributed by atoms with Crippen molar-refractivity contribution in [1.82, 2.24) is 4.72 Å². The average Bonchev–Trinajstić information content (AvgIpc) is 2.70. The molecule has 6 heteroatoms. The Morgan fingerprint density at radius 1 is 1.33 bits per heavy atom. The molecule has 1 aromatic carbocycles. The van der Waals surface area contributed by atoms with Crippen LogP contribution in [0.4, 0.5) is 5.69 Å². The first-order valence-electron chi connectivity index (χ1n) is 7.27. The first-order valence-corrected chi connectivity index (χ1v) is 8.92. The van der Waals surface area contributed by atoms with Gasteiger partial charge < -0.3 is 10.5 Å². The van der Waals surface area contributed by atoms with Crippen LogP contribution in [-0.2, 0) is 10.0 Å². The van der Waals surface area contributed by atoms with Gasteiger partial charge >= 0.3 is 0 Å². The van der Waals surface area contributed by atoms with E-state index in [4.69, 9.17) is 10.5 Å². The van der Waals surface area contributed by atoms with Crippen LogP contribution in [0.1, 0.15) is 33.1 Å². The lowest BCUT2D eigenvalue weighted by atomic mass is 9.88. The fourth-order valence-corrected chi connectivity index (χ4v) is 3.95. The van der Waals surface area contributed by atoms with Crippen LogP contribution in [0.5, 0.6) is 5.75 Å². The van der Waals surface area contributed by atoms with E-state index in [2.05, 4.69) is 18.6 Å². The summed E-state index contributed by atoms with van der Waals surface area (Å²) in [5.41, 5.74) is 6.27. The number of nitrogen functional groups attached to an aromatic ring is 1. The molecular formula is C15H24N2O3S. The summed E-state index contributed by atoms with van der Waals surface area (Å²) in [6, 6.07) is 6.94. The minimum Gasteiger partial charge on any atom is -0.492 e. The molecule has 1 fully saturated rings. The van der Waals surface area contributed by atoms with E-state index in [1.54, 1.807) is 24.3 Å². The highest BCUT2D eigenvalue weighted by Gasteiger charge is 2.36. The molecule has 0 amide bonds. The molecule has 1 aromatic rings. The van der Waals surface area contributed by atoms with Crippen LogP contribution in [0.2, 0.25) is 0 Å². The fraction of sp³-hybridized carbons (Fsp3) is 0.600. The minimum atomic E-state index is -3.31. The summed E-state index contributed by atoms with van der Waals surface area (Å²) >= 11 is 0. The molecule has 1 unspecified atom stereocenters. The Balaban J connectivity index is 1.83. The molecule has 0 aliphatic heterocycles. The molecule has 0 aromatic heterocycles. The second kappa shape index (κ2) is 6.23. The van der Waals surface area contributed by atoms with Crippen LogP contribution in [0, 0.1) is 5.41 Å². The predicted octanol–water partition coefficient (Wildman–Crippen LogP) is 2.15. The molecule has 21 heavy (non-hydrogen) atoms. The number of rotatable bonds is 6. The lowest BCUT2D eigenvalue weighted by Crippen LogP contribution is -2.43. The van der Waals surface area contributed by atoms with E-state index in [1.165, 1.54) is 0 Å². The summed E-state index contributed by atoms with van der Waals surface area (Å²) in [6.07, 6.45) is 3.04. The predicted molar refractivity (Wildman–Crippen MR) is 84.7 cm³/mol. The minimum absolute atomic E-state index is 0.0269. The van der Waals surface area contributed by atoms with Crippen molar-refractivity contribution >= 4 is 15.7 Å². The van der Waals surface area contributed by atoms with Gasteiger partial charge in [-0.05, 0) is 42.5 Å². The first-order chi connectivity index (χ1) is 9.78. The zero-order valence-corrected chi connectivity index (χ0v) is 13.4. The quantitative estimate of drug-likeness (QED) is 0.789. The summed E-state index contributed by atoms with van der Waals surface area (Å²) in [5, 5.41) is 0. The SMILES string of the molecule is CC1(C)CCCC1NS(=O)(=O)CCOc1ccc(N)cc1. The summed E-state index contributed by atoms with van der Waals surface area (Å²) in [7, 11) is -3.31. The topological polar surface area (TPSA) is 81.4 Å². The van der Waals surface area contributed by atoms with Gasteiger partial charge in [0, 0.05) is 11.7 Å². The number of anilines is 1. The molecule has 3 N–H and O–H groups in total. The Bertz CT molecular complexity index is 567. The highest BCUT2D eigenvalue weighted by Crippen LogP contribution is 2.37. The molecule has 0 saturated heterocycles. The molecule has 2 rings (SSSR count). The lowest BCUT2D eigenvalue weighted by Gasteiger charge is -2.27. The van der Waals surface area contributed by atoms with Gasteiger partial charge in [-0.3, -0.25) is 0 Å². The second-order valence-corrected chi connectivity index (χ2v) is 8.16. The summed E-state index contributed by atoms with van der Waals surface area (Å²) in [6.45, 7) is 4.35. The van der Waals surface area contributed by atoms with Crippen molar-refractivity contribution in [3.05, 3.63) is 24.3 Å². The fourth-order valence-electron chi connectivity index (χ4n) is 2.65. The zero-order valence-electron chi connectivity index (χ0n) is 12.6. The number of hydrogen-bond donors (Lipinski definition) is 2. The third-order valence-electron chi connectivity index (χ3n) is 4.08. The van der Waals surface area contributed by atoms with Gasteiger partial charge in [-0.25, -0.2) is 13.1 Å². The van der Waals surface area contributed by atoms with Gasteiger partial charge in [-0.1, -0.05) is 20.3 Å². The van der Waals surface area contributed by atoms with Crippen LogP contribution in [0.15, 0.2) is 24.3 Å². The van der Waals surface area contributed by atoms with Crippen LogP contribution in [0.3, 0.4) is 0 Å². The molecule has 1 saturated carbocycles. The van der Waals surface area contributed by atoms with E-state index in [1.807, 2.05) is 0 Å². The highest BCUT2D eigenvalue weighted by atomic mass is 32.2.